The molecular formula is C21H28F3N3O2. The van der Waals surface area contributed by atoms with E-state index in [9.17, 15) is 18.0 Å². The molecular weight excluding hydrogens is 383 g/mol. The predicted octanol–water partition coefficient (Wildman–Crippen LogP) is 4.97. The number of rotatable bonds is 7. The minimum Gasteiger partial charge on any atom is -0.355 e. The van der Waals surface area contributed by atoms with Gasteiger partial charge in [0.15, 0.2) is 11.5 Å². The number of hydrogen-bond donors (Lipinski definition) is 1. The zero-order chi connectivity index (χ0) is 21.9. The molecule has 160 valence electrons. The molecule has 0 unspecified atom stereocenters. The van der Waals surface area contributed by atoms with Gasteiger partial charge in [0.05, 0.1) is 5.56 Å². The van der Waals surface area contributed by atoms with Crippen LogP contribution in [0.2, 0.25) is 0 Å². The van der Waals surface area contributed by atoms with Gasteiger partial charge in [0, 0.05) is 29.8 Å². The zero-order valence-electron chi connectivity index (χ0n) is 17.6. The Morgan fingerprint density at radius 3 is 2.21 bits per heavy atom. The number of hydrogen-bond acceptors (Lipinski definition) is 4. The molecule has 8 heteroatoms. The molecule has 2 aromatic rings. The van der Waals surface area contributed by atoms with Crippen LogP contribution in [0.25, 0.3) is 11.3 Å². The molecule has 0 spiro atoms. The zero-order valence-corrected chi connectivity index (χ0v) is 17.6. The van der Waals surface area contributed by atoms with Crippen molar-refractivity contribution >= 4 is 5.91 Å². The topological polar surface area (TPSA) is 58.4 Å². The molecule has 5 nitrogen and oxygen atoms in total. The second kappa shape index (κ2) is 8.98. The first-order chi connectivity index (χ1) is 13.4. The number of carbonyl (C=O) groups is 1. The number of alkyl halides is 3. The fourth-order valence-corrected chi connectivity index (χ4v) is 2.55. The summed E-state index contributed by atoms with van der Waals surface area (Å²) in [5.41, 5.74) is 0.397. The van der Waals surface area contributed by atoms with Crippen LogP contribution in [0.5, 0.6) is 0 Å². The van der Waals surface area contributed by atoms with Crippen molar-refractivity contribution in [2.24, 2.45) is 5.92 Å². The van der Waals surface area contributed by atoms with Gasteiger partial charge in [0.2, 0.25) is 0 Å². The van der Waals surface area contributed by atoms with E-state index in [-0.39, 0.29) is 29.6 Å². The van der Waals surface area contributed by atoms with Crippen LogP contribution in [0.15, 0.2) is 28.8 Å². The second-order valence-electron chi connectivity index (χ2n) is 7.93. The van der Waals surface area contributed by atoms with Crippen LogP contribution >= 0.6 is 0 Å². The molecule has 1 heterocycles. The lowest BCUT2D eigenvalue weighted by molar-refractivity contribution is -0.137. The monoisotopic (exact) mass is 411 g/mol. The van der Waals surface area contributed by atoms with Crippen molar-refractivity contribution < 1.29 is 22.5 Å². The highest BCUT2D eigenvalue weighted by atomic mass is 19.4. The SMILES string of the molecule is CC(C)[C@H](C)NC(=O)c1noc(-c2ccc(C(F)(F)F)cc2)c1CN(C)C(C)C. The highest BCUT2D eigenvalue weighted by Gasteiger charge is 2.31. The maximum Gasteiger partial charge on any atom is 0.416 e. The average molecular weight is 411 g/mol. The van der Waals surface area contributed by atoms with Gasteiger partial charge in [-0.15, -0.1) is 0 Å². The fourth-order valence-electron chi connectivity index (χ4n) is 2.55. The molecule has 0 aliphatic carbocycles. The number of halogens is 3. The van der Waals surface area contributed by atoms with Crippen molar-refractivity contribution in [3.8, 4) is 11.3 Å². The van der Waals surface area contributed by atoms with E-state index in [1.165, 1.54) is 12.1 Å². The summed E-state index contributed by atoms with van der Waals surface area (Å²) in [6.07, 6.45) is -4.42. The van der Waals surface area contributed by atoms with Gasteiger partial charge in [-0.25, -0.2) is 0 Å². The lowest BCUT2D eigenvalue weighted by Crippen LogP contribution is -2.37. The summed E-state index contributed by atoms with van der Waals surface area (Å²) in [4.78, 5) is 14.8. The van der Waals surface area contributed by atoms with Crippen molar-refractivity contribution in [3.63, 3.8) is 0 Å². The number of benzene rings is 1. The molecule has 1 amide bonds. The molecule has 0 saturated heterocycles. The lowest BCUT2D eigenvalue weighted by atomic mass is 10.0. The van der Waals surface area contributed by atoms with Crippen molar-refractivity contribution in [1.29, 1.82) is 0 Å². The van der Waals surface area contributed by atoms with E-state index < -0.39 is 11.7 Å². The minimum atomic E-state index is -4.42. The number of carbonyl (C=O) groups excluding carboxylic acids is 1. The van der Waals surface area contributed by atoms with Crippen molar-refractivity contribution in [2.45, 2.75) is 59.4 Å². The minimum absolute atomic E-state index is 0.0654. The first-order valence-corrected chi connectivity index (χ1v) is 9.59. The summed E-state index contributed by atoms with van der Waals surface area (Å²) in [5, 5.41) is 6.86. The molecule has 1 aromatic heterocycles. The molecule has 0 bridgehead atoms. The molecule has 0 radical (unpaired) electrons. The molecule has 2 rings (SSSR count). The van der Waals surface area contributed by atoms with Crippen molar-refractivity contribution in [1.82, 2.24) is 15.4 Å². The van der Waals surface area contributed by atoms with E-state index in [4.69, 9.17) is 4.52 Å². The Balaban J connectivity index is 2.44. The highest BCUT2D eigenvalue weighted by Crippen LogP contribution is 2.33. The summed E-state index contributed by atoms with van der Waals surface area (Å²) in [7, 11) is 1.90. The highest BCUT2D eigenvalue weighted by molar-refractivity contribution is 5.95. The fraction of sp³-hybridized carbons (Fsp3) is 0.524. The van der Waals surface area contributed by atoms with Gasteiger partial charge in [-0.2, -0.15) is 13.2 Å². The number of amides is 1. The first-order valence-electron chi connectivity index (χ1n) is 9.59. The maximum absolute atomic E-state index is 12.9. The van der Waals surface area contributed by atoms with E-state index in [0.29, 0.717) is 23.4 Å². The van der Waals surface area contributed by atoms with E-state index in [1.54, 1.807) is 0 Å². The van der Waals surface area contributed by atoms with Gasteiger partial charge in [0.1, 0.15) is 0 Å². The first kappa shape index (κ1) is 22.9. The third kappa shape index (κ3) is 5.59. The molecule has 1 atom stereocenters. The van der Waals surface area contributed by atoms with Gasteiger partial charge in [-0.1, -0.05) is 31.1 Å². The Morgan fingerprint density at radius 1 is 1.14 bits per heavy atom. The van der Waals surface area contributed by atoms with Crippen LogP contribution in [0, 0.1) is 5.92 Å². The van der Waals surface area contributed by atoms with Gasteiger partial charge in [0.25, 0.3) is 5.91 Å². The number of nitrogens with one attached hydrogen (secondary N) is 1. The van der Waals surface area contributed by atoms with Crippen LogP contribution in [0.4, 0.5) is 13.2 Å². The van der Waals surface area contributed by atoms with Gasteiger partial charge in [-0.3, -0.25) is 9.69 Å². The molecule has 29 heavy (non-hydrogen) atoms. The standard InChI is InChI=1S/C21H28F3N3O2/c1-12(2)14(5)25-20(28)18-17(11-27(6)13(3)4)19(29-26-18)15-7-9-16(10-8-15)21(22,23)24/h7-10,12-14H,11H2,1-6H3,(H,25,28)/t14-/m0/s1. The summed E-state index contributed by atoms with van der Waals surface area (Å²) >= 11 is 0. The lowest BCUT2D eigenvalue weighted by Gasteiger charge is -2.21. The summed E-state index contributed by atoms with van der Waals surface area (Å²) in [6.45, 7) is 10.3. The quantitative estimate of drug-likeness (QED) is 0.699. The van der Waals surface area contributed by atoms with Crippen LogP contribution in [0.1, 0.15) is 56.2 Å². The second-order valence-corrected chi connectivity index (χ2v) is 7.93. The van der Waals surface area contributed by atoms with Crippen LogP contribution in [0.3, 0.4) is 0 Å². The normalized spacial score (nSPS) is 13.4. The Kier molecular flexibility index (Phi) is 7.11. The smallest absolute Gasteiger partial charge is 0.355 e. The summed E-state index contributed by atoms with van der Waals surface area (Å²) in [6, 6.07) is 4.78. The van der Waals surface area contributed by atoms with E-state index >= 15 is 0 Å². The molecule has 1 aromatic carbocycles. The van der Waals surface area contributed by atoms with Gasteiger partial charge < -0.3 is 9.84 Å². The van der Waals surface area contributed by atoms with Crippen LogP contribution in [-0.2, 0) is 12.7 Å². The maximum atomic E-state index is 12.9. The van der Waals surface area contributed by atoms with Crippen LogP contribution < -0.4 is 5.32 Å². The molecule has 1 N–H and O–H groups in total. The average Bonchev–Trinajstić information content (AvgIpc) is 3.04. The van der Waals surface area contributed by atoms with Gasteiger partial charge in [-0.05, 0) is 45.9 Å². The predicted molar refractivity (Wildman–Crippen MR) is 105 cm³/mol. The molecule has 0 aliphatic heterocycles. The largest absolute Gasteiger partial charge is 0.416 e. The Morgan fingerprint density at radius 2 is 1.72 bits per heavy atom. The van der Waals surface area contributed by atoms with E-state index in [2.05, 4.69) is 10.5 Å². The van der Waals surface area contributed by atoms with Crippen molar-refractivity contribution in [2.75, 3.05) is 7.05 Å². The number of aromatic nitrogens is 1. The van der Waals surface area contributed by atoms with E-state index in [0.717, 1.165) is 12.1 Å². The van der Waals surface area contributed by atoms with Crippen LogP contribution in [-0.4, -0.2) is 35.1 Å². The number of nitrogens with zero attached hydrogens (tertiary/aromatic N) is 2. The van der Waals surface area contributed by atoms with Crippen molar-refractivity contribution in [3.05, 3.63) is 41.1 Å². The van der Waals surface area contributed by atoms with Gasteiger partial charge >= 0.3 is 6.18 Å². The third-order valence-corrected chi connectivity index (χ3v) is 5.13. The Bertz CT molecular complexity index is 827. The third-order valence-electron chi connectivity index (χ3n) is 5.13. The molecule has 0 saturated carbocycles. The molecule has 0 aliphatic rings. The summed E-state index contributed by atoms with van der Waals surface area (Å²) in [5.74, 6) is 0.177. The Labute approximate surface area is 169 Å². The summed E-state index contributed by atoms with van der Waals surface area (Å²) < 4.78 is 44.0. The van der Waals surface area contributed by atoms with E-state index in [1.807, 2.05) is 46.6 Å². The molecule has 0 fully saturated rings. The Hall–Kier alpha value is -2.35.